The first-order valence-corrected chi connectivity index (χ1v) is 4.75. The Bertz CT molecular complexity index is 436. The molecule has 2 rings (SSSR count). The summed E-state index contributed by atoms with van der Waals surface area (Å²) in [5.41, 5.74) is 8.12. The average Bonchev–Trinajstić information content (AvgIpc) is 2.62. The highest BCUT2D eigenvalue weighted by atomic mass is 19.1. The van der Waals surface area contributed by atoms with E-state index in [9.17, 15) is 4.39 Å². The van der Waals surface area contributed by atoms with E-state index in [0.29, 0.717) is 5.69 Å². The van der Waals surface area contributed by atoms with E-state index in [-0.39, 0.29) is 6.54 Å². The molecule has 0 aliphatic carbocycles. The highest BCUT2D eigenvalue weighted by Gasteiger charge is 2.09. The van der Waals surface area contributed by atoms with Gasteiger partial charge in [-0.15, -0.1) is 0 Å². The Labute approximate surface area is 87.3 Å². The third kappa shape index (κ3) is 1.83. The van der Waals surface area contributed by atoms with E-state index in [0.717, 1.165) is 11.3 Å². The topological polar surface area (TPSA) is 43.8 Å². The molecule has 0 aliphatic heterocycles. The number of hydrogen-bond donors (Lipinski definition) is 1. The van der Waals surface area contributed by atoms with E-state index >= 15 is 0 Å². The van der Waals surface area contributed by atoms with E-state index in [1.54, 1.807) is 10.9 Å². The second-order valence-corrected chi connectivity index (χ2v) is 3.23. The lowest BCUT2D eigenvalue weighted by atomic mass is 10.1. The summed E-state index contributed by atoms with van der Waals surface area (Å²) in [6.45, 7) is -0.206. The molecule has 0 amide bonds. The molecule has 0 bridgehead atoms. The van der Waals surface area contributed by atoms with Crippen LogP contribution in [0.5, 0.6) is 0 Å². The van der Waals surface area contributed by atoms with Crippen molar-refractivity contribution in [3.8, 4) is 11.3 Å². The van der Waals surface area contributed by atoms with Gasteiger partial charge in [0, 0.05) is 5.56 Å². The minimum atomic E-state index is -0.443. The maximum atomic E-state index is 12.3. The van der Waals surface area contributed by atoms with Crippen molar-refractivity contribution >= 4 is 5.69 Å². The molecular formula is C11H12FN3. The second-order valence-electron chi connectivity index (χ2n) is 3.23. The van der Waals surface area contributed by atoms with Crippen molar-refractivity contribution in [3.63, 3.8) is 0 Å². The van der Waals surface area contributed by atoms with Crippen molar-refractivity contribution in [2.75, 3.05) is 12.4 Å². The number of aromatic nitrogens is 2. The van der Waals surface area contributed by atoms with Crippen LogP contribution in [-0.2, 0) is 6.54 Å². The summed E-state index contributed by atoms with van der Waals surface area (Å²) < 4.78 is 13.9. The van der Waals surface area contributed by atoms with Gasteiger partial charge in [0.2, 0.25) is 0 Å². The van der Waals surface area contributed by atoms with Crippen LogP contribution in [-0.4, -0.2) is 16.5 Å². The molecule has 1 heterocycles. The molecule has 3 nitrogen and oxygen atoms in total. The molecule has 0 saturated heterocycles. The van der Waals surface area contributed by atoms with Crippen LogP contribution in [0.25, 0.3) is 11.3 Å². The molecule has 0 fully saturated rings. The van der Waals surface area contributed by atoms with Crippen LogP contribution in [0, 0.1) is 0 Å². The lowest BCUT2D eigenvalue weighted by Crippen LogP contribution is -2.04. The van der Waals surface area contributed by atoms with Gasteiger partial charge in [-0.05, 0) is 0 Å². The van der Waals surface area contributed by atoms with Crippen LogP contribution in [0.15, 0.2) is 36.5 Å². The lowest BCUT2D eigenvalue weighted by molar-refractivity contribution is 0.429. The molecule has 0 spiro atoms. The molecule has 0 atom stereocenters. The van der Waals surface area contributed by atoms with Crippen LogP contribution < -0.4 is 5.73 Å². The zero-order chi connectivity index (χ0) is 10.7. The third-order valence-electron chi connectivity index (χ3n) is 2.21. The van der Waals surface area contributed by atoms with Gasteiger partial charge >= 0.3 is 0 Å². The van der Waals surface area contributed by atoms with Crippen molar-refractivity contribution in [1.82, 2.24) is 9.78 Å². The molecule has 2 aromatic rings. The van der Waals surface area contributed by atoms with Gasteiger partial charge in [-0.2, -0.15) is 5.10 Å². The Morgan fingerprint density at radius 3 is 2.67 bits per heavy atom. The Hall–Kier alpha value is -1.84. The number of hydrogen-bond acceptors (Lipinski definition) is 2. The first-order valence-electron chi connectivity index (χ1n) is 4.75. The Morgan fingerprint density at radius 1 is 1.27 bits per heavy atom. The van der Waals surface area contributed by atoms with Gasteiger partial charge in [0.05, 0.1) is 24.1 Å². The van der Waals surface area contributed by atoms with Crippen LogP contribution in [0.2, 0.25) is 0 Å². The number of aryl methyl sites for hydroxylation is 1. The van der Waals surface area contributed by atoms with Crippen molar-refractivity contribution in [3.05, 3.63) is 36.5 Å². The fourth-order valence-electron chi connectivity index (χ4n) is 1.56. The third-order valence-corrected chi connectivity index (χ3v) is 2.21. The lowest BCUT2D eigenvalue weighted by Gasteiger charge is -2.06. The van der Waals surface area contributed by atoms with Gasteiger partial charge in [-0.3, -0.25) is 4.68 Å². The fourth-order valence-corrected chi connectivity index (χ4v) is 1.56. The molecule has 0 aliphatic rings. The minimum Gasteiger partial charge on any atom is -0.396 e. The van der Waals surface area contributed by atoms with Crippen molar-refractivity contribution in [2.45, 2.75) is 6.54 Å². The summed E-state index contributed by atoms with van der Waals surface area (Å²) in [4.78, 5) is 0. The monoisotopic (exact) mass is 205 g/mol. The van der Waals surface area contributed by atoms with Gasteiger partial charge < -0.3 is 5.73 Å². The maximum absolute atomic E-state index is 12.3. The largest absolute Gasteiger partial charge is 0.396 e. The Morgan fingerprint density at radius 2 is 2.00 bits per heavy atom. The molecule has 1 aromatic carbocycles. The summed E-state index contributed by atoms with van der Waals surface area (Å²) in [6.07, 6.45) is 1.55. The van der Waals surface area contributed by atoms with Gasteiger partial charge in [-0.1, -0.05) is 30.3 Å². The van der Waals surface area contributed by atoms with Gasteiger partial charge in [0.25, 0.3) is 0 Å². The summed E-state index contributed by atoms with van der Waals surface area (Å²) in [7, 11) is 0. The molecule has 15 heavy (non-hydrogen) atoms. The molecule has 0 saturated carbocycles. The highest BCUT2D eigenvalue weighted by Crippen LogP contribution is 2.24. The van der Waals surface area contributed by atoms with Crippen LogP contribution in [0.3, 0.4) is 0 Å². The normalized spacial score (nSPS) is 10.5. The SMILES string of the molecule is Nc1cnn(CCF)c1-c1ccccc1. The van der Waals surface area contributed by atoms with Crippen molar-refractivity contribution < 1.29 is 4.39 Å². The molecule has 0 radical (unpaired) electrons. The number of nitrogen functional groups attached to an aromatic ring is 1. The summed E-state index contributed by atoms with van der Waals surface area (Å²) in [5.74, 6) is 0. The summed E-state index contributed by atoms with van der Waals surface area (Å²) in [5, 5.41) is 4.03. The number of rotatable bonds is 3. The first-order chi connectivity index (χ1) is 7.33. The van der Waals surface area contributed by atoms with Crippen LogP contribution >= 0.6 is 0 Å². The standard InChI is InChI=1S/C11H12FN3/c12-6-7-15-11(10(13)8-14-15)9-4-2-1-3-5-9/h1-5,8H,6-7,13H2. The van der Waals surface area contributed by atoms with E-state index < -0.39 is 6.67 Å². The summed E-state index contributed by atoms with van der Waals surface area (Å²) >= 11 is 0. The van der Waals surface area contributed by atoms with Gasteiger partial charge in [0.15, 0.2) is 0 Å². The highest BCUT2D eigenvalue weighted by molar-refractivity contribution is 5.72. The summed E-state index contributed by atoms with van der Waals surface area (Å²) in [6, 6.07) is 9.63. The Balaban J connectivity index is 2.47. The van der Waals surface area contributed by atoms with E-state index in [1.165, 1.54) is 0 Å². The van der Waals surface area contributed by atoms with E-state index in [1.807, 2.05) is 30.3 Å². The predicted molar refractivity (Wildman–Crippen MR) is 58.1 cm³/mol. The van der Waals surface area contributed by atoms with Gasteiger partial charge in [-0.25, -0.2) is 4.39 Å². The molecule has 78 valence electrons. The quantitative estimate of drug-likeness (QED) is 0.833. The molecule has 2 N–H and O–H groups in total. The molecule has 1 aromatic heterocycles. The molecule has 0 unspecified atom stereocenters. The first kappa shape index (κ1) is 9.71. The Kier molecular flexibility index (Phi) is 2.67. The van der Waals surface area contributed by atoms with E-state index in [4.69, 9.17) is 5.73 Å². The zero-order valence-corrected chi connectivity index (χ0v) is 8.23. The number of nitrogens with zero attached hydrogens (tertiary/aromatic N) is 2. The number of halogens is 1. The number of benzene rings is 1. The number of nitrogens with two attached hydrogens (primary N) is 1. The van der Waals surface area contributed by atoms with Crippen LogP contribution in [0.4, 0.5) is 10.1 Å². The molecule has 4 heteroatoms. The maximum Gasteiger partial charge on any atom is 0.109 e. The number of alkyl halides is 1. The van der Waals surface area contributed by atoms with Crippen molar-refractivity contribution in [2.24, 2.45) is 0 Å². The molecular weight excluding hydrogens is 193 g/mol. The minimum absolute atomic E-state index is 0.238. The second kappa shape index (κ2) is 4.13. The smallest absolute Gasteiger partial charge is 0.109 e. The van der Waals surface area contributed by atoms with E-state index in [2.05, 4.69) is 5.10 Å². The zero-order valence-electron chi connectivity index (χ0n) is 8.23. The average molecular weight is 205 g/mol. The van der Waals surface area contributed by atoms with Crippen LogP contribution in [0.1, 0.15) is 0 Å². The van der Waals surface area contributed by atoms with Gasteiger partial charge in [0.1, 0.15) is 6.67 Å². The van der Waals surface area contributed by atoms with Crippen molar-refractivity contribution in [1.29, 1.82) is 0 Å². The number of anilines is 1. The fraction of sp³-hybridized carbons (Fsp3) is 0.182. The predicted octanol–water partition coefficient (Wildman–Crippen LogP) is 2.10.